The summed E-state index contributed by atoms with van der Waals surface area (Å²) in [4.78, 5) is 20.3. The first-order valence-electron chi connectivity index (χ1n) is 9.68. The summed E-state index contributed by atoms with van der Waals surface area (Å²) in [6.07, 6.45) is 4.10. The molecule has 0 saturated heterocycles. The molecule has 160 valence electrons. The molecule has 0 aromatic carbocycles. The van der Waals surface area contributed by atoms with Gasteiger partial charge in [-0.25, -0.2) is 4.98 Å². The van der Waals surface area contributed by atoms with E-state index in [0.29, 0.717) is 37.2 Å². The van der Waals surface area contributed by atoms with Gasteiger partial charge in [0.1, 0.15) is 5.82 Å². The number of hydrogen-bond donors (Lipinski definition) is 3. The molecule has 0 radical (unpaired) electrons. The van der Waals surface area contributed by atoms with Crippen molar-refractivity contribution in [3.05, 3.63) is 41.4 Å². The third-order valence-electron chi connectivity index (χ3n) is 4.46. The molecule has 3 N–H and O–H groups in total. The standard InChI is InChI=1S/C20H30N6O2.HI/c1-5-15(6-2)17-11-16(28-26-17)13-24-20(21-4)22-10-9-19(27)25-18-8-7-14(3)12-23-18;/h7-8,11-12,15H,5-6,9-10,13H2,1-4H3,(H2,21,22,24)(H,23,25,27);1H. The molecule has 1 amide bonds. The summed E-state index contributed by atoms with van der Waals surface area (Å²) in [6, 6.07) is 5.68. The Morgan fingerprint density at radius 3 is 2.62 bits per heavy atom. The van der Waals surface area contributed by atoms with Crippen molar-refractivity contribution in [3.8, 4) is 0 Å². The molecule has 0 atom stereocenters. The van der Waals surface area contributed by atoms with Crippen molar-refractivity contribution in [2.75, 3.05) is 18.9 Å². The molecule has 0 spiro atoms. The van der Waals surface area contributed by atoms with Crippen molar-refractivity contribution >= 4 is 41.7 Å². The number of carbonyl (C=O) groups excluding carboxylic acids is 1. The monoisotopic (exact) mass is 514 g/mol. The molecule has 2 rings (SSSR count). The maximum absolute atomic E-state index is 12.0. The lowest BCUT2D eigenvalue weighted by Crippen LogP contribution is -2.38. The van der Waals surface area contributed by atoms with Gasteiger partial charge in [0.15, 0.2) is 11.7 Å². The number of aromatic nitrogens is 2. The van der Waals surface area contributed by atoms with Gasteiger partial charge in [0, 0.05) is 38.2 Å². The fraction of sp³-hybridized carbons (Fsp3) is 0.500. The number of nitrogens with zero attached hydrogens (tertiary/aromatic N) is 3. The van der Waals surface area contributed by atoms with Gasteiger partial charge in [-0.15, -0.1) is 24.0 Å². The van der Waals surface area contributed by atoms with E-state index < -0.39 is 0 Å². The zero-order valence-electron chi connectivity index (χ0n) is 17.5. The summed E-state index contributed by atoms with van der Waals surface area (Å²) in [7, 11) is 1.68. The van der Waals surface area contributed by atoms with Gasteiger partial charge < -0.3 is 20.5 Å². The number of aliphatic imine (C=N–C) groups is 1. The van der Waals surface area contributed by atoms with Crippen LogP contribution in [0.3, 0.4) is 0 Å². The third-order valence-corrected chi connectivity index (χ3v) is 4.46. The Balaban J connectivity index is 0.00000420. The van der Waals surface area contributed by atoms with E-state index in [9.17, 15) is 4.79 Å². The fourth-order valence-corrected chi connectivity index (χ4v) is 2.74. The number of pyridine rings is 1. The smallest absolute Gasteiger partial charge is 0.227 e. The van der Waals surface area contributed by atoms with E-state index in [0.717, 1.165) is 29.9 Å². The average Bonchev–Trinajstić information content (AvgIpc) is 3.16. The first-order chi connectivity index (χ1) is 13.5. The molecule has 9 heteroatoms. The lowest BCUT2D eigenvalue weighted by molar-refractivity contribution is -0.116. The number of halogens is 1. The predicted molar refractivity (Wildman–Crippen MR) is 126 cm³/mol. The van der Waals surface area contributed by atoms with Crippen LogP contribution in [-0.4, -0.2) is 35.6 Å². The van der Waals surface area contributed by atoms with Crippen LogP contribution in [0.15, 0.2) is 33.9 Å². The van der Waals surface area contributed by atoms with Crippen molar-refractivity contribution in [2.24, 2.45) is 4.99 Å². The van der Waals surface area contributed by atoms with E-state index in [1.807, 2.05) is 19.1 Å². The minimum atomic E-state index is -0.107. The molecule has 0 aliphatic carbocycles. The van der Waals surface area contributed by atoms with Crippen molar-refractivity contribution in [2.45, 2.75) is 52.5 Å². The molecule has 2 aromatic rings. The number of amides is 1. The van der Waals surface area contributed by atoms with E-state index in [1.165, 1.54) is 0 Å². The number of nitrogens with one attached hydrogen (secondary N) is 3. The Hall–Kier alpha value is -2.17. The second-order valence-corrected chi connectivity index (χ2v) is 6.60. The van der Waals surface area contributed by atoms with E-state index in [-0.39, 0.29) is 29.9 Å². The molecule has 8 nitrogen and oxygen atoms in total. The van der Waals surface area contributed by atoms with Crippen LogP contribution in [0, 0.1) is 6.92 Å². The molecular weight excluding hydrogens is 483 g/mol. The summed E-state index contributed by atoms with van der Waals surface area (Å²) >= 11 is 0. The first kappa shape index (κ1) is 24.9. The highest BCUT2D eigenvalue weighted by Crippen LogP contribution is 2.22. The summed E-state index contributed by atoms with van der Waals surface area (Å²) in [6.45, 7) is 7.18. The third kappa shape index (κ3) is 8.38. The molecule has 0 aliphatic rings. The number of anilines is 1. The summed E-state index contributed by atoms with van der Waals surface area (Å²) in [5, 5.41) is 13.2. The largest absolute Gasteiger partial charge is 0.359 e. The number of guanidine groups is 1. The van der Waals surface area contributed by atoms with Crippen LogP contribution in [0.5, 0.6) is 0 Å². The first-order valence-corrected chi connectivity index (χ1v) is 9.68. The van der Waals surface area contributed by atoms with Gasteiger partial charge in [-0.05, 0) is 31.4 Å². The SMILES string of the molecule is CCC(CC)c1cc(CNC(=NC)NCCC(=O)Nc2ccc(C)cn2)on1.I. The Kier molecular flexibility index (Phi) is 11.3. The molecule has 0 saturated carbocycles. The Labute approximate surface area is 189 Å². The number of hydrogen-bond acceptors (Lipinski definition) is 5. The molecule has 0 aliphatic heterocycles. The normalized spacial score (nSPS) is 11.1. The Morgan fingerprint density at radius 2 is 2.00 bits per heavy atom. The Morgan fingerprint density at radius 1 is 1.24 bits per heavy atom. The number of carbonyl (C=O) groups is 1. The predicted octanol–water partition coefficient (Wildman–Crippen LogP) is 3.59. The van der Waals surface area contributed by atoms with Crippen LogP contribution in [0.2, 0.25) is 0 Å². The molecule has 0 unspecified atom stereocenters. The van der Waals surface area contributed by atoms with Gasteiger partial charge in [0.2, 0.25) is 5.91 Å². The summed E-state index contributed by atoms with van der Waals surface area (Å²) in [5.74, 6) is 2.23. The van der Waals surface area contributed by atoms with Crippen molar-refractivity contribution < 1.29 is 9.32 Å². The highest BCUT2D eigenvalue weighted by atomic mass is 127. The lowest BCUT2D eigenvalue weighted by atomic mass is 9.99. The second-order valence-electron chi connectivity index (χ2n) is 6.60. The van der Waals surface area contributed by atoms with Gasteiger partial charge in [-0.1, -0.05) is 25.1 Å². The zero-order valence-corrected chi connectivity index (χ0v) is 19.8. The summed E-state index contributed by atoms with van der Waals surface area (Å²) < 4.78 is 5.40. The van der Waals surface area contributed by atoms with Crippen molar-refractivity contribution in [3.63, 3.8) is 0 Å². The molecule has 0 bridgehead atoms. The van der Waals surface area contributed by atoms with E-state index in [1.54, 1.807) is 19.3 Å². The van der Waals surface area contributed by atoms with Gasteiger partial charge in [0.25, 0.3) is 0 Å². The van der Waals surface area contributed by atoms with Gasteiger partial charge >= 0.3 is 0 Å². The summed E-state index contributed by atoms with van der Waals surface area (Å²) in [5.41, 5.74) is 2.04. The maximum Gasteiger partial charge on any atom is 0.227 e. The van der Waals surface area contributed by atoms with Crippen LogP contribution in [0.4, 0.5) is 5.82 Å². The minimum Gasteiger partial charge on any atom is -0.359 e. The second kappa shape index (κ2) is 13.1. The Bertz CT molecular complexity index is 772. The van der Waals surface area contributed by atoms with Crippen molar-refractivity contribution in [1.29, 1.82) is 0 Å². The van der Waals surface area contributed by atoms with E-state index in [2.05, 4.69) is 44.9 Å². The molecular formula is C20H31IN6O2. The molecule has 2 aromatic heterocycles. The highest BCUT2D eigenvalue weighted by Gasteiger charge is 2.13. The van der Waals surface area contributed by atoms with E-state index >= 15 is 0 Å². The van der Waals surface area contributed by atoms with Crippen LogP contribution < -0.4 is 16.0 Å². The maximum atomic E-state index is 12.0. The zero-order chi connectivity index (χ0) is 20.4. The molecule has 29 heavy (non-hydrogen) atoms. The molecule has 2 heterocycles. The van der Waals surface area contributed by atoms with Crippen LogP contribution >= 0.6 is 24.0 Å². The lowest BCUT2D eigenvalue weighted by Gasteiger charge is -2.10. The van der Waals surface area contributed by atoms with Crippen molar-refractivity contribution in [1.82, 2.24) is 20.8 Å². The number of aryl methyl sites for hydroxylation is 1. The quantitative estimate of drug-likeness (QED) is 0.269. The van der Waals surface area contributed by atoms with Gasteiger partial charge in [-0.3, -0.25) is 9.79 Å². The van der Waals surface area contributed by atoms with Gasteiger partial charge in [0.05, 0.1) is 12.2 Å². The van der Waals surface area contributed by atoms with Crippen LogP contribution in [0.1, 0.15) is 56.0 Å². The minimum absolute atomic E-state index is 0. The number of rotatable bonds is 9. The van der Waals surface area contributed by atoms with Crippen LogP contribution in [0.25, 0.3) is 0 Å². The molecule has 0 fully saturated rings. The van der Waals surface area contributed by atoms with Crippen LogP contribution in [-0.2, 0) is 11.3 Å². The van der Waals surface area contributed by atoms with E-state index in [4.69, 9.17) is 4.52 Å². The highest BCUT2D eigenvalue weighted by molar-refractivity contribution is 14.0. The topological polar surface area (TPSA) is 104 Å². The average molecular weight is 514 g/mol. The van der Waals surface area contributed by atoms with Gasteiger partial charge in [-0.2, -0.15) is 0 Å². The fourth-order valence-electron chi connectivity index (χ4n) is 2.74.